The van der Waals surface area contributed by atoms with Gasteiger partial charge in [0.25, 0.3) is 0 Å². The zero-order valence-electron chi connectivity index (χ0n) is 11.1. The SMILES string of the molecule is CCOC(=O)c1cc2ccc(CC(=O)OC(F)F)cc2s1. The van der Waals surface area contributed by atoms with Crippen LogP contribution in [0.5, 0.6) is 0 Å². The lowest BCUT2D eigenvalue weighted by atomic mass is 10.1. The van der Waals surface area contributed by atoms with Crippen molar-refractivity contribution in [3.63, 3.8) is 0 Å². The molecule has 0 aliphatic rings. The van der Waals surface area contributed by atoms with E-state index in [0.717, 1.165) is 10.1 Å². The van der Waals surface area contributed by atoms with Gasteiger partial charge in [0.05, 0.1) is 13.0 Å². The average molecular weight is 314 g/mol. The van der Waals surface area contributed by atoms with Crippen molar-refractivity contribution in [2.75, 3.05) is 6.61 Å². The van der Waals surface area contributed by atoms with E-state index in [4.69, 9.17) is 4.74 Å². The molecular weight excluding hydrogens is 302 g/mol. The minimum atomic E-state index is -3.11. The fourth-order valence-corrected chi connectivity index (χ4v) is 2.82. The van der Waals surface area contributed by atoms with Crippen molar-refractivity contribution in [2.45, 2.75) is 20.0 Å². The number of hydrogen-bond donors (Lipinski definition) is 0. The summed E-state index contributed by atoms with van der Waals surface area (Å²) in [6, 6.07) is 6.73. The van der Waals surface area contributed by atoms with Gasteiger partial charge in [0.1, 0.15) is 4.88 Å². The number of thiophene rings is 1. The highest BCUT2D eigenvalue weighted by Gasteiger charge is 2.14. The molecule has 0 saturated heterocycles. The number of esters is 2. The summed E-state index contributed by atoms with van der Waals surface area (Å²) in [4.78, 5) is 23.3. The molecule has 0 atom stereocenters. The normalized spacial score (nSPS) is 10.9. The van der Waals surface area contributed by atoms with Crippen LogP contribution in [-0.2, 0) is 20.7 Å². The number of hydrogen-bond acceptors (Lipinski definition) is 5. The van der Waals surface area contributed by atoms with Crippen LogP contribution in [0.4, 0.5) is 8.78 Å². The minimum absolute atomic E-state index is 0.243. The van der Waals surface area contributed by atoms with E-state index in [1.807, 2.05) is 0 Å². The van der Waals surface area contributed by atoms with Crippen molar-refractivity contribution < 1.29 is 27.8 Å². The zero-order chi connectivity index (χ0) is 15.4. The van der Waals surface area contributed by atoms with Gasteiger partial charge in [-0.05, 0) is 30.0 Å². The van der Waals surface area contributed by atoms with E-state index in [1.165, 1.54) is 11.3 Å². The predicted octanol–water partition coefficient (Wildman–Crippen LogP) is 3.39. The largest absolute Gasteiger partial charge is 0.462 e. The summed E-state index contributed by atoms with van der Waals surface area (Å²) < 4.78 is 33.3. The molecule has 0 amide bonds. The number of benzene rings is 1. The molecule has 0 N–H and O–H groups in total. The molecule has 0 aliphatic carbocycles. The number of alkyl halides is 2. The number of rotatable bonds is 5. The third kappa shape index (κ3) is 3.98. The number of carbonyl (C=O) groups excluding carboxylic acids is 2. The van der Waals surface area contributed by atoms with Crippen molar-refractivity contribution in [2.24, 2.45) is 0 Å². The topological polar surface area (TPSA) is 52.6 Å². The Balaban J connectivity index is 2.18. The monoisotopic (exact) mass is 314 g/mol. The first kappa shape index (κ1) is 15.4. The van der Waals surface area contributed by atoms with Gasteiger partial charge < -0.3 is 9.47 Å². The van der Waals surface area contributed by atoms with Crippen molar-refractivity contribution in [3.8, 4) is 0 Å². The van der Waals surface area contributed by atoms with Crippen LogP contribution in [-0.4, -0.2) is 25.2 Å². The van der Waals surface area contributed by atoms with Gasteiger partial charge >= 0.3 is 18.6 Å². The average Bonchev–Trinajstić information content (AvgIpc) is 2.81. The lowest BCUT2D eigenvalue weighted by molar-refractivity contribution is -0.175. The summed E-state index contributed by atoms with van der Waals surface area (Å²) in [5, 5.41) is 0.828. The third-order valence-corrected chi connectivity index (χ3v) is 3.71. The molecule has 0 radical (unpaired) electrons. The highest BCUT2D eigenvalue weighted by atomic mass is 32.1. The van der Waals surface area contributed by atoms with Crippen molar-refractivity contribution in [3.05, 3.63) is 34.7 Å². The fraction of sp³-hybridized carbons (Fsp3) is 0.286. The predicted molar refractivity (Wildman–Crippen MR) is 73.6 cm³/mol. The summed E-state index contributed by atoms with van der Waals surface area (Å²) in [5.74, 6) is -1.40. The van der Waals surface area contributed by atoms with E-state index >= 15 is 0 Å². The Kier molecular flexibility index (Phi) is 4.85. The Morgan fingerprint density at radius 2 is 2.05 bits per heavy atom. The van der Waals surface area contributed by atoms with Crippen LogP contribution < -0.4 is 0 Å². The van der Waals surface area contributed by atoms with E-state index in [0.29, 0.717) is 10.4 Å². The smallest absolute Gasteiger partial charge is 0.389 e. The Morgan fingerprint density at radius 3 is 2.71 bits per heavy atom. The standard InChI is InChI=1S/C14H12F2O4S/c1-2-19-13(18)11-7-9-4-3-8(5-10(9)21-11)6-12(17)20-14(15)16/h3-5,7,14H,2,6H2,1H3. The molecule has 21 heavy (non-hydrogen) atoms. The maximum atomic E-state index is 11.9. The molecule has 0 fully saturated rings. The summed E-state index contributed by atoms with van der Waals surface area (Å²) in [6.45, 7) is -1.10. The van der Waals surface area contributed by atoms with Crippen molar-refractivity contribution in [1.29, 1.82) is 0 Å². The quantitative estimate of drug-likeness (QED) is 0.794. The van der Waals surface area contributed by atoms with Crippen LogP contribution in [0.1, 0.15) is 22.2 Å². The second kappa shape index (κ2) is 6.62. The Bertz CT molecular complexity index is 666. The lowest BCUT2D eigenvalue weighted by Crippen LogP contribution is -2.11. The molecule has 1 aromatic heterocycles. The zero-order valence-corrected chi connectivity index (χ0v) is 11.9. The third-order valence-electron chi connectivity index (χ3n) is 2.63. The van der Waals surface area contributed by atoms with Crippen molar-refractivity contribution >= 4 is 33.4 Å². The second-order valence-electron chi connectivity index (χ2n) is 4.13. The van der Waals surface area contributed by atoms with Gasteiger partial charge in [-0.2, -0.15) is 8.78 Å². The van der Waals surface area contributed by atoms with Crippen LogP contribution in [0.2, 0.25) is 0 Å². The first-order valence-corrected chi connectivity index (χ1v) is 6.98. The number of halogens is 2. The highest BCUT2D eigenvalue weighted by molar-refractivity contribution is 7.20. The fourth-order valence-electron chi connectivity index (χ4n) is 1.80. The van der Waals surface area contributed by atoms with Gasteiger partial charge in [-0.25, -0.2) is 4.79 Å². The molecule has 1 aromatic carbocycles. The van der Waals surface area contributed by atoms with Crippen LogP contribution in [0.3, 0.4) is 0 Å². The van der Waals surface area contributed by atoms with E-state index in [1.54, 1.807) is 31.2 Å². The van der Waals surface area contributed by atoms with E-state index in [2.05, 4.69) is 4.74 Å². The second-order valence-corrected chi connectivity index (χ2v) is 5.21. The van der Waals surface area contributed by atoms with E-state index in [9.17, 15) is 18.4 Å². The molecule has 0 spiro atoms. The van der Waals surface area contributed by atoms with E-state index < -0.39 is 18.6 Å². The van der Waals surface area contributed by atoms with Crippen LogP contribution in [0.25, 0.3) is 10.1 Å². The van der Waals surface area contributed by atoms with Crippen LogP contribution in [0, 0.1) is 0 Å². The molecular formula is C14H12F2O4S. The highest BCUT2D eigenvalue weighted by Crippen LogP contribution is 2.27. The first-order chi connectivity index (χ1) is 9.99. The Morgan fingerprint density at radius 1 is 1.29 bits per heavy atom. The van der Waals surface area contributed by atoms with Crippen LogP contribution in [0.15, 0.2) is 24.3 Å². The molecule has 7 heteroatoms. The molecule has 0 saturated carbocycles. The Labute approximate surface area is 123 Å². The van der Waals surface area contributed by atoms with Crippen LogP contribution >= 0.6 is 11.3 Å². The number of ether oxygens (including phenoxy) is 2. The van der Waals surface area contributed by atoms with Gasteiger partial charge in [-0.1, -0.05) is 12.1 Å². The summed E-state index contributed by atoms with van der Waals surface area (Å²) in [7, 11) is 0. The summed E-state index contributed by atoms with van der Waals surface area (Å²) in [6.07, 6.45) is -0.243. The maximum Gasteiger partial charge on any atom is 0.389 e. The number of carbonyl (C=O) groups is 2. The summed E-state index contributed by atoms with van der Waals surface area (Å²) >= 11 is 1.23. The van der Waals surface area contributed by atoms with Gasteiger partial charge in [0, 0.05) is 4.70 Å². The molecule has 0 bridgehead atoms. The molecule has 0 unspecified atom stereocenters. The lowest BCUT2D eigenvalue weighted by Gasteiger charge is -2.02. The molecule has 2 aromatic rings. The van der Waals surface area contributed by atoms with Gasteiger partial charge in [0.15, 0.2) is 0 Å². The first-order valence-electron chi connectivity index (χ1n) is 6.17. The molecule has 1 heterocycles. The summed E-state index contributed by atoms with van der Waals surface area (Å²) in [5.41, 5.74) is 0.547. The van der Waals surface area contributed by atoms with Gasteiger partial charge in [0.2, 0.25) is 0 Å². The number of fused-ring (bicyclic) bond motifs is 1. The molecule has 2 rings (SSSR count). The molecule has 4 nitrogen and oxygen atoms in total. The Hall–Kier alpha value is -2.02. The van der Waals surface area contributed by atoms with E-state index in [-0.39, 0.29) is 13.0 Å². The van der Waals surface area contributed by atoms with Crippen molar-refractivity contribution in [1.82, 2.24) is 0 Å². The molecule has 112 valence electrons. The minimum Gasteiger partial charge on any atom is -0.462 e. The maximum absolute atomic E-state index is 11.9. The van der Waals surface area contributed by atoms with Gasteiger partial charge in [-0.3, -0.25) is 4.79 Å². The molecule has 0 aliphatic heterocycles. The van der Waals surface area contributed by atoms with Gasteiger partial charge in [-0.15, -0.1) is 11.3 Å².